The molecule has 0 bridgehead atoms. The number of hydrogen-bond donors (Lipinski definition) is 2. The second kappa shape index (κ2) is 5.79. The molecule has 3 aromatic rings. The van der Waals surface area contributed by atoms with Crippen LogP contribution in [0, 0.1) is 6.92 Å². The van der Waals surface area contributed by atoms with Gasteiger partial charge in [-0.3, -0.25) is 0 Å². The van der Waals surface area contributed by atoms with Gasteiger partial charge in [-0.2, -0.15) is 0 Å². The molecule has 0 saturated carbocycles. The minimum Gasteiger partial charge on any atom is -0.399 e. The van der Waals surface area contributed by atoms with E-state index in [0.717, 1.165) is 35.4 Å². The Morgan fingerprint density at radius 1 is 1.10 bits per heavy atom. The van der Waals surface area contributed by atoms with Crippen LogP contribution in [0.3, 0.4) is 0 Å². The lowest BCUT2D eigenvalue weighted by Crippen LogP contribution is -2.08. The molecule has 4 nitrogen and oxygen atoms in total. The summed E-state index contributed by atoms with van der Waals surface area (Å²) in [5.41, 5.74) is 10.1. The highest BCUT2D eigenvalue weighted by Crippen LogP contribution is 2.21. The molecular formula is C17H18N4. The van der Waals surface area contributed by atoms with Gasteiger partial charge in [0.2, 0.25) is 0 Å². The molecule has 0 saturated heterocycles. The average Bonchev–Trinajstić information content (AvgIpc) is 2.49. The molecule has 2 aromatic carbocycles. The first-order valence-electron chi connectivity index (χ1n) is 7.02. The van der Waals surface area contributed by atoms with Gasteiger partial charge in [0.15, 0.2) is 0 Å². The van der Waals surface area contributed by atoms with E-state index in [9.17, 15) is 0 Å². The van der Waals surface area contributed by atoms with Crippen molar-refractivity contribution in [3.63, 3.8) is 0 Å². The topological polar surface area (TPSA) is 63.8 Å². The van der Waals surface area contributed by atoms with Crippen LogP contribution >= 0.6 is 0 Å². The van der Waals surface area contributed by atoms with E-state index in [0.29, 0.717) is 0 Å². The third-order valence-corrected chi connectivity index (χ3v) is 3.61. The minimum atomic E-state index is 0.722. The zero-order valence-corrected chi connectivity index (χ0v) is 12.0. The number of hydrogen-bond acceptors (Lipinski definition) is 4. The summed E-state index contributed by atoms with van der Waals surface area (Å²) in [5, 5.41) is 4.34. The SMILES string of the molecule is Cc1ccccc1CCNc1ncnc2ccc(N)cc12. The zero-order chi connectivity index (χ0) is 14.7. The second-order valence-corrected chi connectivity index (χ2v) is 5.10. The molecule has 1 heterocycles. The molecule has 0 amide bonds. The summed E-state index contributed by atoms with van der Waals surface area (Å²) in [6, 6.07) is 14.1. The van der Waals surface area contributed by atoms with Crippen molar-refractivity contribution in [1.82, 2.24) is 9.97 Å². The zero-order valence-electron chi connectivity index (χ0n) is 12.0. The van der Waals surface area contributed by atoms with Crippen molar-refractivity contribution in [2.24, 2.45) is 0 Å². The Bertz CT molecular complexity index is 768. The summed E-state index contributed by atoms with van der Waals surface area (Å²) < 4.78 is 0. The summed E-state index contributed by atoms with van der Waals surface area (Å²) >= 11 is 0. The van der Waals surface area contributed by atoms with Crippen LogP contribution in [0.15, 0.2) is 48.8 Å². The molecule has 4 heteroatoms. The Morgan fingerprint density at radius 2 is 1.95 bits per heavy atom. The molecule has 21 heavy (non-hydrogen) atoms. The molecule has 0 radical (unpaired) electrons. The molecule has 1 aromatic heterocycles. The predicted molar refractivity (Wildman–Crippen MR) is 87.3 cm³/mol. The highest BCUT2D eigenvalue weighted by atomic mass is 15.0. The highest BCUT2D eigenvalue weighted by Gasteiger charge is 2.04. The van der Waals surface area contributed by atoms with E-state index in [4.69, 9.17) is 5.73 Å². The van der Waals surface area contributed by atoms with Crippen molar-refractivity contribution in [3.05, 3.63) is 59.9 Å². The first-order chi connectivity index (χ1) is 10.2. The van der Waals surface area contributed by atoms with E-state index in [-0.39, 0.29) is 0 Å². The van der Waals surface area contributed by atoms with Gasteiger partial charge in [0.05, 0.1) is 5.52 Å². The van der Waals surface area contributed by atoms with Gasteiger partial charge >= 0.3 is 0 Å². The van der Waals surface area contributed by atoms with Crippen molar-refractivity contribution < 1.29 is 0 Å². The normalized spacial score (nSPS) is 10.7. The van der Waals surface area contributed by atoms with E-state index in [1.54, 1.807) is 6.33 Å². The maximum absolute atomic E-state index is 5.85. The fourth-order valence-corrected chi connectivity index (χ4v) is 2.42. The van der Waals surface area contributed by atoms with Gasteiger partial charge in [0.1, 0.15) is 12.1 Å². The number of anilines is 2. The van der Waals surface area contributed by atoms with Crippen LogP contribution in [0.1, 0.15) is 11.1 Å². The number of benzene rings is 2. The standard InChI is InChI=1S/C17H18N4/c1-12-4-2-3-5-13(12)8-9-19-17-15-10-14(18)6-7-16(15)20-11-21-17/h2-7,10-11H,8-9,18H2,1H3,(H,19,20,21). The quantitative estimate of drug-likeness (QED) is 0.719. The summed E-state index contributed by atoms with van der Waals surface area (Å²) in [5.74, 6) is 0.834. The third-order valence-electron chi connectivity index (χ3n) is 3.61. The van der Waals surface area contributed by atoms with E-state index in [1.165, 1.54) is 11.1 Å². The fourth-order valence-electron chi connectivity index (χ4n) is 2.42. The van der Waals surface area contributed by atoms with Crippen molar-refractivity contribution >= 4 is 22.4 Å². The van der Waals surface area contributed by atoms with Crippen LogP contribution in [0.5, 0.6) is 0 Å². The smallest absolute Gasteiger partial charge is 0.137 e. The van der Waals surface area contributed by atoms with Crippen molar-refractivity contribution in [3.8, 4) is 0 Å². The van der Waals surface area contributed by atoms with Crippen molar-refractivity contribution in [1.29, 1.82) is 0 Å². The summed E-state index contributed by atoms with van der Waals surface area (Å²) in [6.07, 6.45) is 2.54. The van der Waals surface area contributed by atoms with Gasteiger partial charge in [-0.15, -0.1) is 0 Å². The van der Waals surface area contributed by atoms with Gasteiger partial charge in [-0.05, 0) is 42.7 Å². The number of nitrogens with one attached hydrogen (secondary N) is 1. The van der Waals surface area contributed by atoms with Crippen LogP contribution in [0.4, 0.5) is 11.5 Å². The molecule has 3 N–H and O–H groups in total. The molecular weight excluding hydrogens is 260 g/mol. The number of nitrogens with two attached hydrogens (primary N) is 1. The van der Waals surface area contributed by atoms with Crippen LogP contribution in [-0.4, -0.2) is 16.5 Å². The summed E-state index contributed by atoms with van der Waals surface area (Å²) in [6.45, 7) is 2.96. The van der Waals surface area contributed by atoms with Crippen LogP contribution in [0.2, 0.25) is 0 Å². The number of nitrogen functional groups attached to an aromatic ring is 1. The average molecular weight is 278 g/mol. The molecule has 0 spiro atoms. The maximum atomic E-state index is 5.85. The predicted octanol–water partition coefficient (Wildman–Crippen LogP) is 3.18. The van der Waals surface area contributed by atoms with Crippen LogP contribution in [-0.2, 0) is 6.42 Å². The lowest BCUT2D eigenvalue weighted by Gasteiger charge is -2.10. The fraction of sp³-hybridized carbons (Fsp3) is 0.176. The summed E-state index contributed by atoms with van der Waals surface area (Å²) in [4.78, 5) is 8.58. The molecule has 0 aliphatic heterocycles. The number of rotatable bonds is 4. The lowest BCUT2D eigenvalue weighted by molar-refractivity contribution is 0.994. The second-order valence-electron chi connectivity index (χ2n) is 5.10. The molecule has 0 atom stereocenters. The van der Waals surface area contributed by atoms with Crippen LogP contribution < -0.4 is 11.1 Å². The largest absolute Gasteiger partial charge is 0.399 e. The van der Waals surface area contributed by atoms with Gasteiger partial charge in [-0.1, -0.05) is 24.3 Å². The van der Waals surface area contributed by atoms with Gasteiger partial charge in [-0.25, -0.2) is 9.97 Å². The van der Waals surface area contributed by atoms with Gasteiger partial charge < -0.3 is 11.1 Å². The molecule has 0 aliphatic carbocycles. The third kappa shape index (κ3) is 2.94. The van der Waals surface area contributed by atoms with Crippen molar-refractivity contribution in [2.75, 3.05) is 17.6 Å². The first kappa shape index (κ1) is 13.4. The Kier molecular flexibility index (Phi) is 3.69. The van der Waals surface area contributed by atoms with Gasteiger partial charge in [0.25, 0.3) is 0 Å². The molecule has 106 valence electrons. The van der Waals surface area contributed by atoms with Gasteiger partial charge in [0, 0.05) is 17.6 Å². The summed E-state index contributed by atoms with van der Waals surface area (Å²) in [7, 11) is 0. The Morgan fingerprint density at radius 3 is 2.81 bits per heavy atom. The number of nitrogens with zero attached hydrogens (tertiary/aromatic N) is 2. The van der Waals surface area contributed by atoms with E-state index in [2.05, 4.69) is 46.5 Å². The van der Waals surface area contributed by atoms with Crippen LogP contribution in [0.25, 0.3) is 10.9 Å². The first-order valence-corrected chi connectivity index (χ1v) is 7.02. The Balaban J connectivity index is 1.77. The molecule has 0 fully saturated rings. The highest BCUT2D eigenvalue weighted by molar-refractivity contribution is 5.91. The molecule has 3 rings (SSSR count). The van der Waals surface area contributed by atoms with Crippen molar-refractivity contribution in [2.45, 2.75) is 13.3 Å². The Hall–Kier alpha value is -2.62. The van der Waals surface area contributed by atoms with E-state index < -0.39 is 0 Å². The molecule has 0 aliphatic rings. The minimum absolute atomic E-state index is 0.722. The number of aryl methyl sites for hydroxylation is 1. The number of aromatic nitrogens is 2. The Labute approximate surface area is 124 Å². The number of fused-ring (bicyclic) bond motifs is 1. The molecule has 0 unspecified atom stereocenters. The monoisotopic (exact) mass is 278 g/mol. The lowest BCUT2D eigenvalue weighted by atomic mass is 10.1. The van der Waals surface area contributed by atoms with E-state index in [1.807, 2.05) is 18.2 Å². The maximum Gasteiger partial charge on any atom is 0.137 e. The van der Waals surface area contributed by atoms with E-state index >= 15 is 0 Å².